The lowest BCUT2D eigenvalue weighted by atomic mass is 10.00. The number of hydrazine groups is 1. The van der Waals surface area contributed by atoms with Crippen LogP contribution in [0.25, 0.3) is 0 Å². The van der Waals surface area contributed by atoms with Crippen LogP contribution in [0.5, 0.6) is 0 Å². The summed E-state index contributed by atoms with van der Waals surface area (Å²) in [7, 11) is -7.98. The van der Waals surface area contributed by atoms with Crippen molar-refractivity contribution >= 4 is 31.9 Å². The molecule has 2 atom stereocenters. The van der Waals surface area contributed by atoms with E-state index < -0.39 is 49.3 Å². The van der Waals surface area contributed by atoms with E-state index in [4.69, 9.17) is 5.14 Å². The van der Waals surface area contributed by atoms with Gasteiger partial charge in [0.25, 0.3) is 11.8 Å². The van der Waals surface area contributed by atoms with Gasteiger partial charge in [-0.15, -0.1) is 4.83 Å². The van der Waals surface area contributed by atoms with Crippen molar-refractivity contribution in [1.29, 1.82) is 0 Å². The fourth-order valence-electron chi connectivity index (χ4n) is 4.62. The monoisotopic (exact) mass is 667 g/mol. The molecule has 5 N–H and O–H groups in total. The van der Waals surface area contributed by atoms with Gasteiger partial charge in [-0.05, 0) is 63.3 Å². The molecule has 0 heterocycles. The minimum absolute atomic E-state index is 0.00238. The Morgan fingerprint density at radius 2 is 1.49 bits per heavy atom. The molecule has 12 nitrogen and oxygen atoms in total. The minimum atomic E-state index is -4.28. The van der Waals surface area contributed by atoms with E-state index in [0.717, 1.165) is 24.1 Å². The molecule has 0 aromatic heterocycles. The number of nitrogens with one attached hydrogen (secondary N) is 2. The Labute approximate surface area is 268 Å². The number of nitrogens with zero attached hydrogens (tertiary/aromatic N) is 2. The number of hydrogen-bond acceptors (Lipinski definition) is 8. The fourth-order valence-corrected chi connectivity index (χ4v) is 5.94. The third-order valence-corrected chi connectivity index (χ3v) is 9.81. The predicted octanol–water partition coefficient (Wildman–Crippen LogP) is 2.64. The van der Waals surface area contributed by atoms with Gasteiger partial charge < -0.3 is 15.3 Å². The molecule has 0 saturated heterocycles. The number of carbonyl (C=O) groups excluding carboxylic acids is 2. The molecule has 0 spiro atoms. The van der Waals surface area contributed by atoms with Crippen molar-refractivity contribution in [3.05, 3.63) is 65.2 Å². The Bertz CT molecular complexity index is 1460. The van der Waals surface area contributed by atoms with E-state index in [1.807, 2.05) is 51.1 Å². The lowest BCUT2D eigenvalue weighted by Crippen LogP contribution is -2.54. The Kier molecular flexibility index (Phi) is 15.1. The van der Waals surface area contributed by atoms with Crippen LogP contribution in [0.4, 0.5) is 0 Å². The van der Waals surface area contributed by atoms with Crippen LogP contribution in [0.1, 0.15) is 86.6 Å². The van der Waals surface area contributed by atoms with Crippen LogP contribution in [-0.4, -0.2) is 87.2 Å². The van der Waals surface area contributed by atoms with Crippen molar-refractivity contribution < 1.29 is 31.5 Å². The molecule has 2 rings (SSSR count). The summed E-state index contributed by atoms with van der Waals surface area (Å²) >= 11 is 0. The average Bonchev–Trinajstić information content (AvgIpc) is 2.98. The first-order valence-electron chi connectivity index (χ1n) is 15.4. The molecular formula is C31H49N5O7S2. The largest absolute Gasteiger partial charge is 0.390 e. The number of amides is 2. The van der Waals surface area contributed by atoms with E-state index in [-0.39, 0.29) is 29.0 Å². The smallest absolute Gasteiger partial charge is 0.253 e. The van der Waals surface area contributed by atoms with Crippen LogP contribution in [0.3, 0.4) is 0 Å². The molecule has 0 aliphatic heterocycles. The van der Waals surface area contributed by atoms with E-state index in [1.165, 1.54) is 11.1 Å². The predicted molar refractivity (Wildman–Crippen MR) is 175 cm³/mol. The number of hydrogen-bond donors (Lipinski definition) is 4. The summed E-state index contributed by atoms with van der Waals surface area (Å²) in [6.07, 6.45) is 1.77. The van der Waals surface area contributed by atoms with Gasteiger partial charge in [0.2, 0.25) is 20.0 Å². The molecule has 14 heteroatoms. The Morgan fingerprint density at radius 1 is 0.889 bits per heavy atom. The summed E-state index contributed by atoms with van der Waals surface area (Å²) in [6.45, 7) is 10.0. The van der Waals surface area contributed by atoms with Crippen molar-refractivity contribution in [3.63, 3.8) is 0 Å². The van der Waals surface area contributed by atoms with Crippen LogP contribution in [0, 0.1) is 0 Å². The number of carbonyl (C=O) groups is 2. The zero-order valence-electron chi connectivity index (χ0n) is 26.9. The number of benzene rings is 2. The molecule has 0 saturated carbocycles. The highest BCUT2D eigenvalue weighted by atomic mass is 32.2. The Morgan fingerprint density at radius 3 is 2.02 bits per heavy atom. The van der Waals surface area contributed by atoms with Gasteiger partial charge in [0.05, 0.1) is 22.3 Å². The fraction of sp³-hybridized carbons (Fsp3) is 0.548. The molecule has 2 aromatic rings. The normalized spacial score (nSPS) is 13.5. The highest BCUT2D eigenvalue weighted by Crippen LogP contribution is 2.18. The summed E-state index contributed by atoms with van der Waals surface area (Å²) < 4.78 is 50.0. The Balaban J connectivity index is 2.49. The standard InChI is InChI=1S/C31H49N5O7S2/c1-6-9-17-36(34-45(42,43)23(4)5)22-29(37)28(18-24-13-11-10-12-14-24)33-30(38)25-19-26(21-27(20-25)44(32,40)41)31(39)35(15-7-2)16-8-3/h10-14,19-21,23,28-29,34,37H,6-9,15-18,22H2,1-5H3,(H,33,38)(H2,32,40,41). The lowest BCUT2D eigenvalue weighted by molar-refractivity contribution is 0.0613. The van der Waals surface area contributed by atoms with Crippen LogP contribution >= 0.6 is 0 Å². The van der Waals surface area contributed by atoms with E-state index in [0.29, 0.717) is 38.9 Å². The zero-order valence-corrected chi connectivity index (χ0v) is 28.5. The topological polar surface area (TPSA) is 179 Å². The van der Waals surface area contributed by atoms with E-state index >= 15 is 0 Å². The van der Waals surface area contributed by atoms with Gasteiger partial charge in [0.15, 0.2) is 0 Å². The zero-order chi connectivity index (χ0) is 33.8. The maximum absolute atomic E-state index is 13.7. The highest BCUT2D eigenvalue weighted by molar-refractivity contribution is 7.90. The van der Waals surface area contributed by atoms with Gasteiger partial charge >= 0.3 is 0 Å². The molecular weight excluding hydrogens is 619 g/mol. The quantitative estimate of drug-likeness (QED) is 0.165. The van der Waals surface area contributed by atoms with Crippen molar-refractivity contribution in [2.75, 3.05) is 26.2 Å². The van der Waals surface area contributed by atoms with Crippen LogP contribution in [0.15, 0.2) is 53.4 Å². The number of sulfonamides is 2. The summed E-state index contributed by atoms with van der Waals surface area (Å²) in [6, 6.07) is 11.8. The van der Waals surface area contributed by atoms with E-state index in [1.54, 1.807) is 18.7 Å². The number of unbranched alkanes of at least 4 members (excludes halogenated alkanes) is 1. The molecule has 2 amide bonds. The van der Waals surface area contributed by atoms with Crippen molar-refractivity contribution in [3.8, 4) is 0 Å². The SMILES string of the molecule is CCCCN(CC(O)C(Cc1ccccc1)NC(=O)c1cc(C(=O)N(CCC)CCC)cc(S(N)(=O)=O)c1)NS(=O)(=O)C(C)C. The first-order valence-corrected chi connectivity index (χ1v) is 18.5. The number of aliphatic hydroxyl groups is 1. The summed E-state index contributed by atoms with van der Waals surface area (Å²) in [5, 5.41) is 20.4. The number of primary sulfonamides is 1. The maximum atomic E-state index is 13.7. The number of rotatable bonds is 19. The van der Waals surface area contributed by atoms with Gasteiger partial charge in [0, 0.05) is 37.3 Å². The van der Waals surface area contributed by atoms with Crippen LogP contribution < -0.4 is 15.3 Å². The second-order valence-corrected chi connectivity index (χ2v) is 15.2. The molecule has 2 unspecified atom stereocenters. The molecule has 0 aliphatic carbocycles. The first kappa shape index (κ1) is 38.3. The molecule has 2 aromatic carbocycles. The number of aliphatic hydroxyl groups excluding tert-OH is 1. The maximum Gasteiger partial charge on any atom is 0.253 e. The molecule has 0 bridgehead atoms. The summed E-state index contributed by atoms with van der Waals surface area (Å²) in [5.41, 5.74) is 0.683. The number of nitrogens with two attached hydrogens (primary N) is 1. The molecule has 0 fully saturated rings. The molecule has 0 aliphatic rings. The minimum Gasteiger partial charge on any atom is -0.390 e. The molecule has 252 valence electrons. The van der Waals surface area contributed by atoms with Gasteiger partial charge in [-0.2, -0.15) is 0 Å². The summed E-state index contributed by atoms with van der Waals surface area (Å²) in [4.78, 5) is 30.8. The van der Waals surface area contributed by atoms with Crippen molar-refractivity contribution in [1.82, 2.24) is 20.1 Å². The van der Waals surface area contributed by atoms with Crippen molar-refractivity contribution in [2.24, 2.45) is 5.14 Å². The van der Waals surface area contributed by atoms with Crippen LogP contribution in [0.2, 0.25) is 0 Å². The van der Waals surface area contributed by atoms with Crippen molar-refractivity contribution in [2.45, 2.75) is 89.0 Å². The molecule has 45 heavy (non-hydrogen) atoms. The average molecular weight is 668 g/mol. The van der Waals surface area contributed by atoms with Gasteiger partial charge in [-0.25, -0.2) is 27.0 Å². The highest BCUT2D eigenvalue weighted by Gasteiger charge is 2.28. The molecule has 0 radical (unpaired) electrons. The third-order valence-electron chi connectivity index (χ3n) is 7.16. The van der Waals surface area contributed by atoms with E-state index in [2.05, 4.69) is 10.1 Å². The van der Waals surface area contributed by atoms with Gasteiger partial charge in [-0.3, -0.25) is 9.59 Å². The second kappa shape index (κ2) is 17.7. The summed E-state index contributed by atoms with van der Waals surface area (Å²) in [5.74, 6) is -1.15. The van der Waals surface area contributed by atoms with Crippen LogP contribution in [-0.2, 0) is 26.5 Å². The first-order chi connectivity index (χ1) is 21.1. The lowest BCUT2D eigenvalue weighted by Gasteiger charge is -2.31. The second-order valence-electron chi connectivity index (χ2n) is 11.4. The van der Waals surface area contributed by atoms with E-state index in [9.17, 15) is 31.5 Å². The Hall–Kier alpha value is -2.88. The van der Waals surface area contributed by atoms with Gasteiger partial charge in [-0.1, -0.05) is 57.5 Å². The third kappa shape index (κ3) is 12.1. The van der Waals surface area contributed by atoms with Gasteiger partial charge in [0.1, 0.15) is 0 Å².